The lowest BCUT2D eigenvalue weighted by molar-refractivity contribution is -0.250. The van der Waals surface area contributed by atoms with Gasteiger partial charge >= 0.3 is 11.9 Å². The topological polar surface area (TPSA) is 95.9 Å². The van der Waals surface area contributed by atoms with Gasteiger partial charge < -0.3 is 20.3 Å². The number of rotatable bonds is 10. The molecule has 278 valence electrons. The number of aliphatic carboxylic acids is 1. The second kappa shape index (κ2) is 13.0. The van der Waals surface area contributed by atoms with Gasteiger partial charge in [0.15, 0.2) is 0 Å². The Morgan fingerprint density at radius 2 is 1.60 bits per heavy atom. The summed E-state index contributed by atoms with van der Waals surface area (Å²) in [7, 11) is 0. The molecule has 0 aliphatic heterocycles. The van der Waals surface area contributed by atoms with Gasteiger partial charge in [-0.2, -0.15) is 0 Å². The highest BCUT2D eigenvalue weighted by molar-refractivity contribution is 5.81. The van der Waals surface area contributed by atoms with Crippen LogP contribution in [0.5, 0.6) is 5.75 Å². The molecule has 50 heavy (non-hydrogen) atoms. The van der Waals surface area contributed by atoms with Crippen molar-refractivity contribution in [2.45, 2.75) is 145 Å². The minimum absolute atomic E-state index is 0.0976. The molecule has 0 bridgehead atoms. The first-order chi connectivity index (χ1) is 23.3. The van der Waals surface area contributed by atoms with E-state index < -0.39 is 11.4 Å². The summed E-state index contributed by atoms with van der Waals surface area (Å²) in [6.45, 7) is 24.6. The number of phenols is 1. The first-order valence-electron chi connectivity index (χ1n) is 19.9. The number of carbonyl (C=O) groups excluding carboxylic acids is 1. The van der Waals surface area contributed by atoms with Crippen molar-refractivity contribution < 1.29 is 24.5 Å². The predicted octanol–water partition coefficient (Wildman–Crippen LogP) is 9.94. The normalized spacial score (nSPS) is 40.5. The maximum absolute atomic E-state index is 13.1. The minimum atomic E-state index is -1.13. The van der Waals surface area contributed by atoms with Gasteiger partial charge in [-0.3, -0.25) is 9.59 Å². The molecule has 0 spiro atoms. The number of ether oxygens (including phenoxy) is 1. The Morgan fingerprint density at radius 3 is 2.26 bits per heavy atom. The zero-order chi connectivity index (χ0) is 36.5. The monoisotopic (exact) mass is 690 g/mol. The molecule has 5 aliphatic carbocycles. The summed E-state index contributed by atoms with van der Waals surface area (Å²) in [6.07, 6.45) is 13.1. The van der Waals surface area contributed by atoms with E-state index in [2.05, 4.69) is 53.4 Å². The van der Waals surface area contributed by atoms with E-state index in [1.807, 2.05) is 12.1 Å². The highest BCUT2D eigenvalue weighted by Gasteiger charge is 2.71. The Hall–Kier alpha value is -2.34. The van der Waals surface area contributed by atoms with Crippen LogP contribution in [0.1, 0.15) is 138 Å². The van der Waals surface area contributed by atoms with E-state index in [1.54, 1.807) is 26.0 Å². The Morgan fingerprint density at radius 1 is 0.900 bits per heavy atom. The second-order valence-corrected chi connectivity index (χ2v) is 19.8. The van der Waals surface area contributed by atoms with Crippen LogP contribution in [0, 0.1) is 62.1 Å². The third-order valence-electron chi connectivity index (χ3n) is 16.7. The number of phenolic OH excluding ortho intramolecular Hbond substituents is 1. The quantitative estimate of drug-likeness (QED) is 0.129. The molecule has 1 aromatic carbocycles. The summed E-state index contributed by atoms with van der Waals surface area (Å²) >= 11 is 0. The van der Waals surface area contributed by atoms with E-state index in [9.17, 15) is 19.8 Å². The lowest BCUT2D eigenvalue weighted by Crippen LogP contribution is -2.66. The molecule has 0 saturated heterocycles. The predicted molar refractivity (Wildman–Crippen MR) is 199 cm³/mol. The number of hydrogen-bond donors (Lipinski definition) is 3. The van der Waals surface area contributed by atoms with Gasteiger partial charge in [-0.15, -0.1) is 0 Å². The number of carboxylic acids is 1. The third-order valence-corrected chi connectivity index (χ3v) is 16.7. The summed E-state index contributed by atoms with van der Waals surface area (Å²) in [5.74, 6) is 2.09. The molecule has 0 amide bonds. The number of carboxylic acid groups (broad SMARTS) is 1. The van der Waals surface area contributed by atoms with Gasteiger partial charge in [-0.05, 0) is 167 Å². The molecule has 0 heterocycles. The number of carbonyl (C=O) groups is 2. The van der Waals surface area contributed by atoms with Gasteiger partial charge in [0.1, 0.15) is 11.9 Å². The van der Waals surface area contributed by atoms with Crippen molar-refractivity contribution in [2.75, 3.05) is 6.54 Å². The number of benzene rings is 1. The number of aromatic hydroxyl groups is 1. The van der Waals surface area contributed by atoms with Gasteiger partial charge in [0.25, 0.3) is 0 Å². The molecule has 0 aromatic heterocycles. The molecule has 6 nitrogen and oxygen atoms in total. The fraction of sp³-hybridized carbons (Fsp3) is 0.773. The van der Waals surface area contributed by atoms with E-state index in [1.165, 1.54) is 62.5 Å². The smallest absolute Gasteiger partial charge is 0.309 e. The molecule has 10 atom stereocenters. The molecule has 1 aromatic rings. The van der Waals surface area contributed by atoms with E-state index >= 15 is 0 Å². The van der Waals surface area contributed by atoms with Gasteiger partial charge in [-0.25, -0.2) is 0 Å². The van der Waals surface area contributed by atoms with E-state index in [0.29, 0.717) is 40.8 Å². The summed E-state index contributed by atoms with van der Waals surface area (Å²) < 4.78 is 6.19. The maximum Gasteiger partial charge on any atom is 0.309 e. The van der Waals surface area contributed by atoms with Gasteiger partial charge in [0, 0.05) is 12.0 Å². The van der Waals surface area contributed by atoms with Crippen LogP contribution < -0.4 is 5.32 Å². The van der Waals surface area contributed by atoms with Crippen LogP contribution in [0.25, 0.3) is 0 Å². The second-order valence-electron chi connectivity index (χ2n) is 19.8. The molecule has 6 rings (SSSR count). The number of fused-ring (bicyclic) bond motifs is 7. The zero-order valence-electron chi connectivity index (χ0n) is 32.5. The molecule has 0 unspecified atom stereocenters. The number of esters is 1. The van der Waals surface area contributed by atoms with Crippen LogP contribution in [0.15, 0.2) is 36.4 Å². The molecule has 5 saturated carbocycles. The van der Waals surface area contributed by atoms with Crippen LogP contribution in [0.2, 0.25) is 0 Å². The summed E-state index contributed by atoms with van der Waals surface area (Å²) in [5.41, 5.74) is 2.41. The zero-order valence-corrected chi connectivity index (χ0v) is 32.5. The lowest BCUT2D eigenvalue weighted by Gasteiger charge is -2.73. The van der Waals surface area contributed by atoms with Gasteiger partial charge in [-0.1, -0.05) is 58.9 Å². The number of allylic oxidation sites excluding steroid dienone is 1. The highest BCUT2D eigenvalue weighted by atomic mass is 16.5. The van der Waals surface area contributed by atoms with E-state index in [0.717, 1.165) is 32.4 Å². The first-order valence-corrected chi connectivity index (χ1v) is 19.9. The molecule has 3 N–H and O–H groups in total. The third kappa shape index (κ3) is 5.96. The lowest BCUT2D eigenvalue weighted by atomic mass is 9.32. The van der Waals surface area contributed by atoms with Gasteiger partial charge in [0.05, 0.1) is 11.8 Å². The SMILES string of the molecule is C=C(C)[C@@H]1CC[C@]2(CCNCc3ccc(O)cc3)CC[C@]3(C)[C@H](CC[C@@H]4[C@@]5(C)CC[C@H](OC(=O)CC(C)(C)C(=O)O)C(C)(C)[C@@H]5CC[C@]43C)[C@@H]12. The van der Waals surface area contributed by atoms with Crippen molar-refractivity contribution >= 4 is 11.9 Å². The first kappa shape index (κ1) is 37.4. The summed E-state index contributed by atoms with van der Waals surface area (Å²) in [4.78, 5) is 24.8. The van der Waals surface area contributed by atoms with E-state index in [4.69, 9.17) is 4.74 Å². The van der Waals surface area contributed by atoms with Crippen molar-refractivity contribution in [2.24, 2.45) is 62.1 Å². The molecular formula is C44H67NO5. The summed E-state index contributed by atoms with van der Waals surface area (Å²) in [6, 6.07) is 7.58. The standard InChI is InChI=1S/C44H67NO5/c1-28(2)31-16-21-44(24-25-45-27-29-10-12-30(46)13-11-29)23-22-42(8)32(37(31)44)14-15-34-41(7)19-18-35(50-36(47)26-39(3,4)38(48)49)40(5,6)33(41)17-20-43(34,42)9/h10-13,31-35,37,45-46H,1,14-27H2,2-9H3,(H,48,49)/t31-,32+,33-,34+,35-,37+,41-,42+,43+,44+/m0/s1. The van der Waals surface area contributed by atoms with Crippen LogP contribution >= 0.6 is 0 Å². The van der Waals surface area contributed by atoms with Crippen molar-refractivity contribution in [3.05, 3.63) is 42.0 Å². The van der Waals surface area contributed by atoms with Crippen molar-refractivity contribution in [3.8, 4) is 5.75 Å². The van der Waals surface area contributed by atoms with Crippen LogP contribution in [-0.4, -0.2) is 34.8 Å². The Labute approximate surface area is 302 Å². The van der Waals surface area contributed by atoms with Crippen molar-refractivity contribution in [3.63, 3.8) is 0 Å². The van der Waals surface area contributed by atoms with Crippen LogP contribution in [0.4, 0.5) is 0 Å². The largest absolute Gasteiger partial charge is 0.508 e. The van der Waals surface area contributed by atoms with Crippen molar-refractivity contribution in [1.29, 1.82) is 0 Å². The Balaban J connectivity index is 1.20. The van der Waals surface area contributed by atoms with Crippen molar-refractivity contribution in [1.82, 2.24) is 5.32 Å². The molecule has 5 fully saturated rings. The fourth-order valence-corrected chi connectivity index (χ4v) is 13.7. The highest BCUT2D eigenvalue weighted by Crippen LogP contribution is 2.78. The Bertz CT molecular complexity index is 1460. The van der Waals surface area contributed by atoms with E-state index in [-0.39, 0.29) is 40.2 Å². The van der Waals surface area contributed by atoms with Crippen LogP contribution in [0.3, 0.4) is 0 Å². The average Bonchev–Trinajstić information content (AvgIpc) is 3.42. The average molecular weight is 690 g/mol. The van der Waals surface area contributed by atoms with Crippen LogP contribution in [-0.2, 0) is 20.9 Å². The molecule has 0 radical (unpaired) electrons. The molecule has 5 aliphatic rings. The van der Waals surface area contributed by atoms with Gasteiger partial charge in [0.2, 0.25) is 0 Å². The minimum Gasteiger partial charge on any atom is -0.508 e. The maximum atomic E-state index is 13.1. The number of hydrogen-bond acceptors (Lipinski definition) is 5. The molecular weight excluding hydrogens is 622 g/mol. The molecule has 6 heteroatoms. The fourth-order valence-electron chi connectivity index (χ4n) is 13.7. The Kier molecular flexibility index (Phi) is 9.69. The summed E-state index contributed by atoms with van der Waals surface area (Å²) in [5, 5.41) is 23.1. The number of nitrogens with one attached hydrogen (secondary N) is 1.